The Hall–Kier alpha value is -1.67. The van der Waals surface area contributed by atoms with Gasteiger partial charge in [0.15, 0.2) is 5.82 Å². The minimum atomic E-state index is -0.281. The van der Waals surface area contributed by atoms with E-state index < -0.39 is 0 Å². The zero-order valence-electron chi connectivity index (χ0n) is 10.9. The number of aromatic amines is 2. The first-order chi connectivity index (χ1) is 9.63. The van der Waals surface area contributed by atoms with E-state index in [9.17, 15) is 4.79 Å². The van der Waals surface area contributed by atoms with Gasteiger partial charge in [0.1, 0.15) is 17.6 Å². The molecule has 0 unspecified atom stereocenters. The summed E-state index contributed by atoms with van der Waals surface area (Å²) in [7, 11) is 0. The fraction of sp³-hybridized carbons (Fsp3) is 0.417. The molecule has 0 saturated carbocycles. The number of ether oxygens (including phenoxy) is 1. The Morgan fingerprint density at radius 1 is 1.60 bits per heavy atom. The molecule has 8 heteroatoms. The molecule has 2 aromatic rings. The summed E-state index contributed by atoms with van der Waals surface area (Å²) in [5.74, 6) is 1.28. The third-order valence-electron chi connectivity index (χ3n) is 3.13. The molecule has 1 saturated heterocycles. The summed E-state index contributed by atoms with van der Waals surface area (Å²) in [5, 5.41) is 6.88. The summed E-state index contributed by atoms with van der Waals surface area (Å²) in [6.07, 6.45) is 1.46. The Morgan fingerprint density at radius 2 is 2.45 bits per heavy atom. The monoisotopic (exact) mass is 339 g/mol. The van der Waals surface area contributed by atoms with Crippen LogP contribution in [0.25, 0.3) is 0 Å². The lowest BCUT2D eigenvalue weighted by Gasteiger charge is -2.31. The molecule has 0 aromatic carbocycles. The van der Waals surface area contributed by atoms with Gasteiger partial charge in [0.25, 0.3) is 5.91 Å². The van der Waals surface area contributed by atoms with Crippen LogP contribution in [0.15, 0.2) is 16.7 Å². The quantitative estimate of drug-likeness (QED) is 0.866. The third kappa shape index (κ3) is 2.61. The number of morpholine rings is 1. The number of rotatable bonds is 2. The molecular formula is C12H14BrN5O2. The molecule has 106 valence electrons. The van der Waals surface area contributed by atoms with Crippen molar-refractivity contribution in [3.8, 4) is 0 Å². The average Bonchev–Trinajstić information content (AvgIpc) is 3.07. The predicted molar refractivity (Wildman–Crippen MR) is 74.2 cm³/mol. The smallest absolute Gasteiger partial charge is 0.270 e. The Balaban J connectivity index is 1.73. The molecule has 20 heavy (non-hydrogen) atoms. The van der Waals surface area contributed by atoms with E-state index >= 15 is 0 Å². The molecule has 1 atom stereocenters. The summed E-state index contributed by atoms with van der Waals surface area (Å²) in [4.78, 5) is 21.3. The summed E-state index contributed by atoms with van der Waals surface area (Å²) in [6, 6.07) is 1.77. The summed E-state index contributed by atoms with van der Waals surface area (Å²) in [6.45, 7) is 3.33. The molecule has 1 fully saturated rings. The molecule has 2 N–H and O–H groups in total. The van der Waals surface area contributed by atoms with E-state index in [0.717, 1.165) is 10.3 Å². The van der Waals surface area contributed by atoms with Gasteiger partial charge in [-0.05, 0) is 28.9 Å². The zero-order valence-corrected chi connectivity index (χ0v) is 12.5. The van der Waals surface area contributed by atoms with Crippen LogP contribution in [0.1, 0.15) is 28.2 Å². The minimum Gasteiger partial charge on any atom is -0.366 e. The first-order valence-corrected chi connectivity index (χ1v) is 7.06. The number of H-pyrrole nitrogens is 2. The first kappa shape index (κ1) is 13.3. The van der Waals surface area contributed by atoms with Gasteiger partial charge in [0.05, 0.1) is 13.2 Å². The van der Waals surface area contributed by atoms with Crippen LogP contribution >= 0.6 is 15.9 Å². The molecule has 2 aromatic heterocycles. The molecule has 7 nitrogen and oxygen atoms in total. The molecule has 3 rings (SSSR count). The summed E-state index contributed by atoms with van der Waals surface area (Å²) in [5.41, 5.74) is 0.559. The van der Waals surface area contributed by atoms with Crippen molar-refractivity contribution in [3.05, 3.63) is 34.1 Å². The molecular weight excluding hydrogens is 326 g/mol. The van der Waals surface area contributed by atoms with E-state index in [2.05, 4.69) is 36.1 Å². The van der Waals surface area contributed by atoms with Crippen molar-refractivity contribution in [1.29, 1.82) is 0 Å². The van der Waals surface area contributed by atoms with Gasteiger partial charge in [0, 0.05) is 17.2 Å². The normalized spacial score (nSPS) is 19.3. The van der Waals surface area contributed by atoms with E-state index in [1.54, 1.807) is 17.2 Å². The number of nitrogens with one attached hydrogen (secondary N) is 2. The summed E-state index contributed by atoms with van der Waals surface area (Å²) < 4.78 is 6.50. The van der Waals surface area contributed by atoms with Crippen molar-refractivity contribution in [2.75, 3.05) is 19.7 Å². The van der Waals surface area contributed by atoms with Gasteiger partial charge < -0.3 is 14.6 Å². The second-order valence-electron chi connectivity index (χ2n) is 4.62. The molecule has 1 amide bonds. The Kier molecular flexibility index (Phi) is 3.58. The van der Waals surface area contributed by atoms with Gasteiger partial charge in [-0.3, -0.25) is 9.89 Å². The van der Waals surface area contributed by atoms with Crippen molar-refractivity contribution < 1.29 is 9.53 Å². The average molecular weight is 340 g/mol. The van der Waals surface area contributed by atoms with Gasteiger partial charge in [-0.1, -0.05) is 0 Å². The summed E-state index contributed by atoms with van der Waals surface area (Å²) >= 11 is 3.32. The van der Waals surface area contributed by atoms with Crippen LogP contribution in [-0.4, -0.2) is 50.7 Å². The standard InChI is InChI=1S/C12H14BrN5O2/c1-7-15-11(17-16-7)10-6-18(2-3-20-10)12(19)9-4-8(13)5-14-9/h4-5,10,14H,2-3,6H2,1H3,(H,15,16,17)/t10-/m0/s1. The van der Waals surface area contributed by atoms with Crippen LogP contribution in [0.4, 0.5) is 0 Å². The maximum atomic E-state index is 12.4. The molecule has 3 heterocycles. The fourth-order valence-electron chi connectivity index (χ4n) is 2.16. The number of aromatic nitrogens is 4. The number of carbonyl (C=O) groups is 1. The molecule has 0 bridgehead atoms. The second kappa shape index (κ2) is 5.37. The maximum Gasteiger partial charge on any atom is 0.270 e. The van der Waals surface area contributed by atoms with E-state index in [-0.39, 0.29) is 12.0 Å². The highest BCUT2D eigenvalue weighted by atomic mass is 79.9. The number of hydrogen-bond acceptors (Lipinski definition) is 4. The number of carbonyl (C=O) groups excluding carboxylic acids is 1. The topological polar surface area (TPSA) is 86.9 Å². The maximum absolute atomic E-state index is 12.4. The Bertz CT molecular complexity index is 623. The molecule has 1 aliphatic heterocycles. The fourth-order valence-corrected chi connectivity index (χ4v) is 2.50. The Labute approximate surface area is 123 Å². The lowest BCUT2D eigenvalue weighted by atomic mass is 10.2. The number of hydrogen-bond donors (Lipinski definition) is 2. The Morgan fingerprint density at radius 3 is 3.10 bits per heavy atom. The van der Waals surface area contributed by atoms with Gasteiger partial charge >= 0.3 is 0 Å². The van der Waals surface area contributed by atoms with Crippen molar-refractivity contribution in [3.63, 3.8) is 0 Å². The van der Waals surface area contributed by atoms with E-state index in [1.165, 1.54) is 0 Å². The van der Waals surface area contributed by atoms with Crippen LogP contribution < -0.4 is 0 Å². The van der Waals surface area contributed by atoms with E-state index in [0.29, 0.717) is 31.2 Å². The highest BCUT2D eigenvalue weighted by molar-refractivity contribution is 9.10. The van der Waals surface area contributed by atoms with E-state index in [4.69, 9.17) is 4.74 Å². The SMILES string of the molecule is Cc1nc([C@@H]2CN(C(=O)c3cc(Br)c[nH]3)CCO2)n[nH]1. The van der Waals surface area contributed by atoms with Crippen molar-refractivity contribution in [2.45, 2.75) is 13.0 Å². The number of aryl methyl sites for hydroxylation is 1. The number of amides is 1. The second-order valence-corrected chi connectivity index (χ2v) is 5.54. The van der Waals surface area contributed by atoms with E-state index in [1.807, 2.05) is 6.92 Å². The van der Waals surface area contributed by atoms with Gasteiger partial charge in [0.2, 0.25) is 0 Å². The van der Waals surface area contributed by atoms with Crippen molar-refractivity contribution >= 4 is 21.8 Å². The van der Waals surface area contributed by atoms with Crippen LogP contribution in [-0.2, 0) is 4.74 Å². The molecule has 1 aliphatic rings. The molecule has 0 spiro atoms. The van der Waals surface area contributed by atoms with Gasteiger partial charge in [-0.2, -0.15) is 5.10 Å². The lowest BCUT2D eigenvalue weighted by Crippen LogP contribution is -2.42. The van der Waals surface area contributed by atoms with Crippen molar-refractivity contribution in [1.82, 2.24) is 25.1 Å². The molecule has 0 radical (unpaired) electrons. The first-order valence-electron chi connectivity index (χ1n) is 6.27. The van der Waals surface area contributed by atoms with Crippen LogP contribution in [0.5, 0.6) is 0 Å². The third-order valence-corrected chi connectivity index (χ3v) is 3.59. The largest absolute Gasteiger partial charge is 0.366 e. The number of halogens is 1. The van der Waals surface area contributed by atoms with Crippen LogP contribution in [0.2, 0.25) is 0 Å². The lowest BCUT2D eigenvalue weighted by molar-refractivity contribution is -0.0268. The van der Waals surface area contributed by atoms with Gasteiger partial charge in [-0.15, -0.1) is 0 Å². The predicted octanol–water partition coefficient (Wildman–Crippen LogP) is 1.42. The van der Waals surface area contributed by atoms with Crippen LogP contribution in [0, 0.1) is 6.92 Å². The van der Waals surface area contributed by atoms with Crippen LogP contribution in [0.3, 0.4) is 0 Å². The minimum absolute atomic E-state index is 0.0451. The molecule has 0 aliphatic carbocycles. The zero-order chi connectivity index (χ0) is 14.1. The highest BCUT2D eigenvalue weighted by Gasteiger charge is 2.28. The van der Waals surface area contributed by atoms with Gasteiger partial charge in [-0.25, -0.2) is 4.98 Å². The highest BCUT2D eigenvalue weighted by Crippen LogP contribution is 2.21. The number of nitrogens with zero attached hydrogens (tertiary/aromatic N) is 3. The van der Waals surface area contributed by atoms with Crippen molar-refractivity contribution in [2.24, 2.45) is 0 Å².